The molecule has 0 unspecified atom stereocenters. The summed E-state index contributed by atoms with van der Waals surface area (Å²) in [5, 5.41) is 21.8. The van der Waals surface area contributed by atoms with Crippen LogP contribution in [0.25, 0.3) is 0 Å². The Labute approximate surface area is 105 Å². The minimum absolute atomic E-state index is 0.110. The topological polar surface area (TPSA) is 93.4 Å². The monoisotopic (exact) mass is 250 g/mol. The molecule has 0 aromatic carbocycles. The van der Waals surface area contributed by atoms with Gasteiger partial charge in [-0.1, -0.05) is 27.7 Å². The third kappa shape index (κ3) is 2.55. The van der Waals surface area contributed by atoms with Gasteiger partial charge in [-0.2, -0.15) is 0 Å². The van der Waals surface area contributed by atoms with Gasteiger partial charge < -0.3 is 4.42 Å². The highest BCUT2D eigenvalue weighted by Crippen LogP contribution is 2.33. The first-order valence-electron chi connectivity index (χ1n) is 5.93. The molecule has 2 rings (SSSR count). The van der Waals surface area contributed by atoms with Crippen LogP contribution in [0.1, 0.15) is 52.3 Å². The zero-order chi connectivity index (χ0) is 13.2. The normalized spacial score (nSPS) is 12.9. The van der Waals surface area contributed by atoms with Crippen LogP contribution in [0.4, 0.5) is 0 Å². The van der Waals surface area contributed by atoms with Gasteiger partial charge in [0.25, 0.3) is 0 Å². The molecule has 0 aliphatic carbocycles. The van der Waals surface area contributed by atoms with E-state index in [4.69, 9.17) is 4.42 Å². The van der Waals surface area contributed by atoms with Crippen molar-refractivity contribution < 1.29 is 4.42 Å². The van der Waals surface area contributed by atoms with E-state index in [-0.39, 0.29) is 10.8 Å². The van der Waals surface area contributed by atoms with E-state index < -0.39 is 0 Å². The second kappa shape index (κ2) is 4.47. The van der Waals surface area contributed by atoms with Crippen molar-refractivity contribution >= 4 is 0 Å². The van der Waals surface area contributed by atoms with Crippen molar-refractivity contribution in [3.8, 4) is 0 Å². The highest BCUT2D eigenvalue weighted by atomic mass is 16.4. The molecule has 7 nitrogen and oxygen atoms in total. The van der Waals surface area contributed by atoms with Crippen molar-refractivity contribution in [3.05, 3.63) is 18.1 Å². The van der Waals surface area contributed by atoms with Crippen molar-refractivity contribution in [2.75, 3.05) is 0 Å². The smallest absolute Gasteiger partial charge is 0.221 e. The lowest BCUT2D eigenvalue weighted by atomic mass is 9.78. The van der Waals surface area contributed by atoms with Gasteiger partial charge in [0, 0.05) is 10.8 Å². The molecule has 0 radical (unpaired) electrons. The number of tetrazole rings is 1. The van der Waals surface area contributed by atoms with Gasteiger partial charge in [0.2, 0.25) is 12.3 Å². The second-order valence-corrected chi connectivity index (χ2v) is 5.76. The van der Waals surface area contributed by atoms with Crippen LogP contribution in [0, 0.1) is 0 Å². The van der Waals surface area contributed by atoms with E-state index >= 15 is 0 Å². The summed E-state index contributed by atoms with van der Waals surface area (Å²) in [7, 11) is 0. The molecule has 0 aliphatic heterocycles. The Morgan fingerprint density at radius 2 is 1.83 bits per heavy atom. The first kappa shape index (κ1) is 12.7. The number of H-pyrrole nitrogens is 1. The van der Waals surface area contributed by atoms with Gasteiger partial charge >= 0.3 is 0 Å². The zero-order valence-corrected chi connectivity index (χ0v) is 11.1. The lowest BCUT2D eigenvalue weighted by molar-refractivity contribution is 0.306. The maximum atomic E-state index is 5.28. The standard InChI is InChI=1S/C11H18N6O/c1-10(2,8-13-16-17-14-8)5-6-11(3,4)9-15-12-7-18-9/h7H,5-6H2,1-4H3,(H,13,14,16,17). The van der Waals surface area contributed by atoms with Crippen molar-refractivity contribution in [3.63, 3.8) is 0 Å². The fourth-order valence-electron chi connectivity index (χ4n) is 1.76. The minimum atomic E-state index is -0.152. The largest absolute Gasteiger partial charge is 0.427 e. The SMILES string of the molecule is CC(C)(CCC(C)(C)c1nnco1)c1nnn[nH]1. The first-order valence-corrected chi connectivity index (χ1v) is 5.93. The molecule has 0 atom stereocenters. The number of aromatic amines is 1. The Morgan fingerprint density at radius 3 is 2.39 bits per heavy atom. The molecule has 0 amide bonds. The number of rotatable bonds is 5. The molecule has 2 heterocycles. The summed E-state index contributed by atoms with van der Waals surface area (Å²) in [5.41, 5.74) is -0.262. The number of hydrogen-bond donors (Lipinski definition) is 1. The minimum Gasteiger partial charge on any atom is -0.427 e. The van der Waals surface area contributed by atoms with Gasteiger partial charge in [-0.15, -0.1) is 15.3 Å². The van der Waals surface area contributed by atoms with E-state index in [1.54, 1.807) is 0 Å². The number of aromatic nitrogens is 6. The Bertz CT molecular complexity index is 427. The average Bonchev–Trinajstić information content (AvgIpc) is 2.99. The van der Waals surface area contributed by atoms with E-state index in [1.807, 2.05) is 0 Å². The molecule has 0 aliphatic rings. The summed E-state index contributed by atoms with van der Waals surface area (Å²) in [6, 6.07) is 0. The molecule has 0 saturated carbocycles. The Balaban J connectivity index is 2.03. The molecular weight excluding hydrogens is 232 g/mol. The zero-order valence-electron chi connectivity index (χ0n) is 11.1. The van der Waals surface area contributed by atoms with Crippen LogP contribution in [0.2, 0.25) is 0 Å². The molecule has 0 spiro atoms. The first-order chi connectivity index (χ1) is 8.42. The molecule has 1 N–H and O–H groups in total. The summed E-state index contributed by atoms with van der Waals surface area (Å²) in [5.74, 6) is 1.46. The van der Waals surface area contributed by atoms with Crippen LogP contribution in [0.15, 0.2) is 10.8 Å². The van der Waals surface area contributed by atoms with Crippen LogP contribution in [-0.4, -0.2) is 30.8 Å². The lowest BCUT2D eigenvalue weighted by Gasteiger charge is -2.26. The van der Waals surface area contributed by atoms with Crippen molar-refractivity contribution in [2.24, 2.45) is 0 Å². The van der Waals surface area contributed by atoms with Gasteiger partial charge in [0.05, 0.1) is 0 Å². The van der Waals surface area contributed by atoms with Gasteiger partial charge in [0.1, 0.15) is 0 Å². The van der Waals surface area contributed by atoms with Crippen molar-refractivity contribution in [1.82, 2.24) is 30.8 Å². The van der Waals surface area contributed by atoms with Crippen LogP contribution in [0.5, 0.6) is 0 Å². The Hall–Kier alpha value is -1.79. The molecule has 18 heavy (non-hydrogen) atoms. The lowest BCUT2D eigenvalue weighted by Crippen LogP contribution is -2.25. The predicted molar refractivity (Wildman–Crippen MR) is 63.8 cm³/mol. The maximum absolute atomic E-state index is 5.28. The van der Waals surface area contributed by atoms with E-state index in [1.165, 1.54) is 6.39 Å². The Morgan fingerprint density at radius 1 is 1.11 bits per heavy atom. The summed E-state index contributed by atoms with van der Waals surface area (Å²) in [4.78, 5) is 0. The fourth-order valence-corrected chi connectivity index (χ4v) is 1.76. The third-order valence-electron chi connectivity index (χ3n) is 3.30. The Kier molecular flexibility index (Phi) is 3.14. The predicted octanol–water partition coefficient (Wildman–Crippen LogP) is 1.62. The van der Waals surface area contributed by atoms with Crippen LogP contribution < -0.4 is 0 Å². The van der Waals surface area contributed by atoms with E-state index in [0.29, 0.717) is 5.89 Å². The van der Waals surface area contributed by atoms with E-state index in [0.717, 1.165) is 18.7 Å². The van der Waals surface area contributed by atoms with Gasteiger partial charge in [-0.3, -0.25) is 0 Å². The van der Waals surface area contributed by atoms with Crippen molar-refractivity contribution in [1.29, 1.82) is 0 Å². The average molecular weight is 250 g/mol. The molecular formula is C11H18N6O. The second-order valence-electron chi connectivity index (χ2n) is 5.76. The van der Waals surface area contributed by atoms with Crippen LogP contribution in [-0.2, 0) is 10.8 Å². The number of nitrogens with one attached hydrogen (secondary N) is 1. The summed E-state index contributed by atoms with van der Waals surface area (Å²) < 4.78 is 5.28. The summed E-state index contributed by atoms with van der Waals surface area (Å²) >= 11 is 0. The van der Waals surface area contributed by atoms with E-state index in [9.17, 15) is 0 Å². The molecule has 0 saturated heterocycles. The van der Waals surface area contributed by atoms with Crippen LogP contribution in [0.3, 0.4) is 0 Å². The number of hydrogen-bond acceptors (Lipinski definition) is 6. The highest BCUT2D eigenvalue weighted by Gasteiger charge is 2.32. The van der Waals surface area contributed by atoms with Crippen molar-refractivity contribution in [2.45, 2.75) is 51.4 Å². The van der Waals surface area contributed by atoms with Gasteiger partial charge in [0.15, 0.2) is 5.82 Å². The van der Waals surface area contributed by atoms with Gasteiger partial charge in [-0.25, -0.2) is 5.10 Å². The summed E-state index contributed by atoms with van der Waals surface area (Å²) in [6.45, 7) is 8.41. The maximum Gasteiger partial charge on any atom is 0.221 e. The third-order valence-corrected chi connectivity index (χ3v) is 3.30. The molecule has 0 fully saturated rings. The highest BCUT2D eigenvalue weighted by molar-refractivity contribution is 5.03. The quantitative estimate of drug-likeness (QED) is 0.866. The molecule has 0 bridgehead atoms. The van der Waals surface area contributed by atoms with Crippen LogP contribution >= 0.6 is 0 Å². The molecule has 2 aromatic rings. The van der Waals surface area contributed by atoms with E-state index in [2.05, 4.69) is 58.5 Å². The molecule has 98 valence electrons. The fraction of sp³-hybridized carbons (Fsp3) is 0.727. The molecule has 2 aromatic heterocycles. The number of nitrogens with zero attached hydrogens (tertiary/aromatic N) is 5. The van der Waals surface area contributed by atoms with Gasteiger partial charge in [-0.05, 0) is 23.3 Å². The molecule has 7 heteroatoms. The summed E-state index contributed by atoms with van der Waals surface area (Å²) in [6.07, 6.45) is 3.19.